The molecule has 6 nitrogen and oxygen atoms in total. The van der Waals surface area contributed by atoms with Crippen molar-refractivity contribution < 1.29 is 9.90 Å². The molecule has 0 aliphatic heterocycles. The lowest BCUT2D eigenvalue weighted by atomic mass is 10.1. The Bertz CT molecular complexity index is 1060. The summed E-state index contributed by atoms with van der Waals surface area (Å²) in [5.74, 6) is -0.436. The van der Waals surface area contributed by atoms with Crippen LogP contribution in [0, 0.1) is 13.8 Å². The summed E-state index contributed by atoms with van der Waals surface area (Å²) in [7, 11) is 0. The standard InChI is InChI=1S/C21H25N3O3S/c1-5-23(6-2)11-12-24-18(15-9-7-13(3)8-10-15)22-19-16(20(24)25)14(4)17(28-19)21(26)27/h7-10H,5-6,11-12H2,1-4H3,(H,26,27). The molecule has 0 atom stereocenters. The molecule has 3 rings (SSSR count). The molecule has 28 heavy (non-hydrogen) atoms. The highest BCUT2D eigenvalue weighted by atomic mass is 32.1. The Balaban J connectivity index is 2.23. The van der Waals surface area contributed by atoms with Gasteiger partial charge in [0.2, 0.25) is 0 Å². The number of carboxylic acids is 1. The molecule has 0 amide bonds. The number of hydrogen-bond acceptors (Lipinski definition) is 5. The zero-order chi connectivity index (χ0) is 20.4. The van der Waals surface area contributed by atoms with Crippen LogP contribution in [0.1, 0.15) is 34.6 Å². The number of nitrogens with zero attached hydrogens (tertiary/aromatic N) is 3. The third kappa shape index (κ3) is 3.72. The van der Waals surface area contributed by atoms with Crippen LogP contribution >= 0.6 is 11.3 Å². The monoisotopic (exact) mass is 399 g/mol. The third-order valence-corrected chi connectivity index (χ3v) is 6.26. The molecule has 0 spiro atoms. The molecular formula is C21H25N3O3S. The summed E-state index contributed by atoms with van der Waals surface area (Å²) in [4.78, 5) is 32.5. The Morgan fingerprint density at radius 2 is 1.82 bits per heavy atom. The molecule has 7 heteroatoms. The lowest BCUT2D eigenvalue weighted by Crippen LogP contribution is -2.32. The predicted octanol–water partition coefficient (Wildman–Crippen LogP) is 3.78. The Hall–Kier alpha value is -2.51. The fraction of sp³-hybridized carbons (Fsp3) is 0.381. The van der Waals surface area contributed by atoms with E-state index in [1.54, 1.807) is 11.5 Å². The lowest BCUT2D eigenvalue weighted by Gasteiger charge is -2.20. The molecule has 0 saturated heterocycles. The molecule has 0 aliphatic rings. The van der Waals surface area contributed by atoms with Crippen molar-refractivity contribution in [2.45, 2.75) is 34.2 Å². The molecule has 0 fully saturated rings. The number of aromatic nitrogens is 2. The van der Waals surface area contributed by atoms with E-state index in [1.165, 1.54) is 0 Å². The average molecular weight is 400 g/mol. The van der Waals surface area contributed by atoms with Crippen LogP contribution in [0.5, 0.6) is 0 Å². The van der Waals surface area contributed by atoms with Crippen molar-refractivity contribution in [3.05, 3.63) is 50.6 Å². The first-order valence-electron chi connectivity index (χ1n) is 9.44. The van der Waals surface area contributed by atoms with Gasteiger partial charge >= 0.3 is 5.97 Å². The van der Waals surface area contributed by atoms with Crippen LogP contribution in [0.25, 0.3) is 21.6 Å². The Kier molecular flexibility index (Phi) is 5.96. The van der Waals surface area contributed by atoms with Gasteiger partial charge in [-0.3, -0.25) is 9.36 Å². The number of aromatic carboxylic acids is 1. The van der Waals surface area contributed by atoms with Crippen molar-refractivity contribution in [1.29, 1.82) is 0 Å². The van der Waals surface area contributed by atoms with Gasteiger partial charge in [0.05, 0.1) is 5.39 Å². The third-order valence-electron chi connectivity index (χ3n) is 5.09. The minimum Gasteiger partial charge on any atom is -0.477 e. The zero-order valence-electron chi connectivity index (χ0n) is 16.7. The largest absolute Gasteiger partial charge is 0.477 e. The smallest absolute Gasteiger partial charge is 0.346 e. The summed E-state index contributed by atoms with van der Waals surface area (Å²) in [6, 6.07) is 7.89. The number of rotatable bonds is 7. The number of benzene rings is 1. The molecule has 1 aromatic carbocycles. The van der Waals surface area contributed by atoms with Gasteiger partial charge < -0.3 is 10.0 Å². The molecular weight excluding hydrogens is 374 g/mol. The maximum atomic E-state index is 13.4. The topological polar surface area (TPSA) is 75.4 Å². The fourth-order valence-electron chi connectivity index (χ4n) is 3.33. The molecule has 3 aromatic rings. The van der Waals surface area contributed by atoms with Gasteiger partial charge in [-0.1, -0.05) is 43.7 Å². The van der Waals surface area contributed by atoms with E-state index in [1.807, 2.05) is 31.2 Å². The maximum absolute atomic E-state index is 13.4. The van der Waals surface area contributed by atoms with Crippen molar-refractivity contribution in [2.75, 3.05) is 19.6 Å². The molecule has 0 saturated carbocycles. The van der Waals surface area contributed by atoms with Crippen LogP contribution in [-0.2, 0) is 6.54 Å². The van der Waals surface area contributed by atoms with Gasteiger partial charge in [0, 0.05) is 18.7 Å². The molecule has 1 N–H and O–H groups in total. The number of thiophene rings is 1. The van der Waals surface area contributed by atoms with Crippen LogP contribution in [-0.4, -0.2) is 45.2 Å². The second-order valence-corrected chi connectivity index (χ2v) is 7.83. The summed E-state index contributed by atoms with van der Waals surface area (Å²) in [5.41, 5.74) is 2.31. The molecule has 2 heterocycles. The predicted molar refractivity (Wildman–Crippen MR) is 114 cm³/mol. The summed E-state index contributed by atoms with van der Waals surface area (Å²) >= 11 is 1.07. The van der Waals surface area contributed by atoms with Crippen molar-refractivity contribution in [2.24, 2.45) is 0 Å². The van der Waals surface area contributed by atoms with Gasteiger partial charge in [0.1, 0.15) is 15.5 Å². The lowest BCUT2D eigenvalue weighted by molar-refractivity contribution is 0.0701. The van der Waals surface area contributed by atoms with Crippen LogP contribution in [0.4, 0.5) is 0 Å². The molecule has 0 aliphatic carbocycles. The highest BCUT2D eigenvalue weighted by Crippen LogP contribution is 2.29. The second kappa shape index (κ2) is 8.24. The van der Waals surface area contributed by atoms with E-state index in [9.17, 15) is 14.7 Å². The van der Waals surface area contributed by atoms with Crippen LogP contribution < -0.4 is 5.56 Å². The molecule has 0 radical (unpaired) electrons. The first kappa shape index (κ1) is 20.2. The quantitative estimate of drug-likeness (QED) is 0.654. The van der Waals surface area contributed by atoms with Gasteiger partial charge in [-0.25, -0.2) is 9.78 Å². The number of carbonyl (C=O) groups is 1. The van der Waals surface area contributed by atoms with Crippen molar-refractivity contribution in [3.8, 4) is 11.4 Å². The van der Waals surface area contributed by atoms with E-state index in [0.29, 0.717) is 28.1 Å². The first-order chi connectivity index (χ1) is 13.4. The molecule has 0 unspecified atom stereocenters. The maximum Gasteiger partial charge on any atom is 0.346 e. The number of aryl methyl sites for hydroxylation is 2. The van der Waals surface area contributed by atoms with E-state index in [4.69, 9.17) is 4.98 Å². The van der Waals surface area contributed by atoms with Crippen molar-refractivity contribution in [3.63, 3.8) is 0 Å². The summed E-state index contributed by atoms with van der Waals surface area (Å²) in [6.07, 6.45) is 0. The summed E-state index contributed by atoms with van der Waals surface area (Å²) < 4.78 is 1.69. The van der Waals surface area contributed by atoms with Crippen molar-refractivity contribution in [1.82, 2.24) is 14.5 Å². The Morgan fingerprint density at radius 3 is 2.39 bits per heavy atom. The SMILES string of the molecule is CCN(CC)CCn1c(-c2ccc(C)cc2)nc2sc(C(=O)O)c(C)c2c1=O. The van der Waals surface area contributed by atoms with Crippen LogP contribution in [0.15, 0.2) is 29.1 Å². The zero-order valence-corrected chi connectivity index (χ0v) is 17.5. The van der Waals surface area contributed by atoms with Crippen LogP contribution in [0.2, 0.25) is 0 Å². The Labute approximate surface area is 168 Å². The number of likely N-dealkylation sites (N-methyl/N-ethyl adjacent to an activating group) is 1. The van der Waals surface area contributed by atoms with E-state index in [-0.39, 0.29) is 10.4 Å². The number of fused-ring (bicyclic) bond motifs is 1. The fourth-order valence-corrected chi connectivity index (χ4v) is 4.34. The summed E-state index contributed by atoms with van der Waals surface area (Å²) in [5, 5.41) is 9.87. The van der Waals surface area contributed by atoms with E-state index >= 15 is 0 Å². The number of carboxylic acid groups (broad SMARTS) is 1. The second-order valence-electron chi connectivity index (χ2n) is 6.83. The van der Waals surface area contributed by atoms with E-state index in [2.05, 4.69) is 18.7 Å². The van der Waals surface area contributed by atoms with E-state index in [0.717, 1.165) is 42.1 Å². The molecule has 0 bridgehead atoms. The first-order valence-corrected chi connectivity index (χ1v) is 10.3. The normalized spacial score (nSPS) is 11.5. The molecule has 2 aromatic heterocycles. The van der Waals surface area contributed by atoms with Gasteiger partial charge in [-0.2, -0.15) is 0 Å². The Morgan fingerprint density at radius 1 is 1.18 bits per heavy atom. The number of hydrogen-bond donors (Lipinski definition) is 1. The minimum absolute atomic E-state index is 0.172. The van der Waals surface area contributed by atoms with Gasteiger partial charge in [0.15, 0.2) is 0 Å². The average Bonchev–Trinajstić information content (AvgIpc) is 3.01. The van der Waals surface area contributed by atoms with Crippen molar-refractivity contribution >= 4 is 27.5 Å². The van der Waals surface area contributed by atoms with Gasteiger partial charge in [-0.15, -0.1) is 11.3 Å². The van der Waals surface area contributed by atoms with E-state index < -0.39 is 5.97 Å². The highest BCUT2D eigenvalue weighted by Gasteiger charge is 2.21. The van der Waals surface area contributed by atoms with Gasteiger partial charge in [0.25, 0.3) is 5.56 Å². The summed E-state index contributed by atoms with van der Waals surface area (Å²) in [6.45, 7) is 10.9. The molecule has 148 valence electrons. The van der Waals surface area contributed by atoms with Gasteiger partial charge in [-0.05, 0) is 32.5 Å². The highest BCUT2D eigenvalue weighted by molar-refractivity contribution is 7.20. The van der Waals surface area contributed by atoms with Crippen LogP contribution in [0.3, 0.4) is 0 Å². The minimum atomic E-state index is -1.02.